The minimum Gasteiger partial charge on any atom is -0.485 e. The van der Waals surface area contributed by atoms with Crippen LogP contribution in [0.5, 0.6) is 5.75 Å². The number of nitrogens with one attached hydrogen (secondary N) is 2. The fourth-order valence-electron chi connectivity index (χ4n) is 2.75. The molecule has 0 spiro atoms. The van der Waals surface area contributed by atoms with E-state index in [-0.39, 0.29) is 24.3 Å². The maximum Gasteiger partial charge on any atom is 0.259 e. The number of hydrogen-bond donors (Lipinski definition) is 2. The first-order valence-electron chi connectivity index (χ1n) is 9.32. The fraction of sp³-hybridized carbons (Fsp3) is 0.238. The molecule has 2 aromatic carbocycles. The number of rotatable bonds is 7. The van der Waals surface area contributed by atoms with Gasteiger partial charge in [-0.1, -0.05) is 17.3 Å². The summed E-state index contributed by atoms with van der Waals surface area (Å²) in [6, 6.07) is 13.9. The van der Waals surface area contributed by atoms with Gasteiger partial charge in [-0.15, -0.1) is 0 Å². The molecule has 2 N–H and O–H groups in total. The van der Waals surface area contributed by atoms with Gasteiger partial charge in [0.25, 0.3) is 5.91 Å². The molecule has 0 unspecified atom stereocenters. The van der Waals surface area contributed by atoms with Crippen LogP contribution < -0.4 is 15.4 Å². The molecule has 0 bridgehead atoms. The molecule has 29 heavy (non-hydrogen) atoms. The van der Waals surface area contributed by atoms with Crippen molar-refractivity contribution in [3.05, 3.63) is 65.8 Å². The summed E-state index contributed by atoms with van der Waals surface area (Å²) in [6.07, 6.45) is 1.90. The number of carbonyl (C=O) groups excluding carboxylic acids is 2. The molecule has 8 nitrogen and oxygen atoms in total. The van der Waals surface area contributed by atoms with Gasteiger partial charge in [-0.2, -0.15) is 4.98 Å². The molecular formula is C21H20N4O4. The average molecular weight is 392 g/mol. The largest absolute Gasteiger partial charge is 0.485 e. The third-order valence-electron chi connectivity index (χ3n) is 4.42. The highest BCUT2D eigenvalue weighted by Gasteiger charge is 2.29. The highest BCUT2D eigenvalue weighted by Crippen LogP contribution is 2.30. The summed E-state index contributed by atoms with van der Waals surface area (Å²) >= 11 is 0. The Balaban J connectivity index is 1.39. The third kappa shape index (κ3) is 4.78. The van der Waals surface area contributed by atoms with Crippen molar-refractivity contribution in [2.75, 3.05) is 10.6 Å². The minimum absolute atomic E-state index is 0.0460. The summed E-state index contributed by atoms with van der Waals surface area (Å²) in [5, 5.41) is 9.48. The van der Waals surface area contributed by atoms with Crippen molar-refractivity contribution in [1.82, 2.24) is 10.1 Å². The first-order chi connectivity index (χ1) is 14.1. The number of anilines is 2. The monoisotopic (exact) mass is 392 g/mol. The van der Waals surface area contributed by atoms with Crippen LogP contribution in [-0.2, 0) is 11.4 Å². The topological polar surface area (TPSA) is 106 Å². The van der Waals surface area contributed by atoms with Crippen LogP contribution in [0, 0.1) is 12.8 Å². The van der Waals surface area contributed by atoms with Crippen molar-refractivity contribution in [3.63, 3.8) is 0 Å². The van der Waals surface area contributed by atoms with Gasteiger partial charge >= 0.3 is 0 Å². The number of nitrogens with zero attached hydrogens (tertiary/aromatic N) is 2. The zero-order valence-electron chi connectivity index (χ0n) is 15.8. The normalized spacial score (nSPS) is 13.0. The van der Waals surface area contributed by atoms with E-state index in [0.717, 1.165) is 12.8 Å². The molecule has 1 aromatic heterocycles. The lowest BCUT2D eigenvalue weighted by molar-refractivity contribution is -0.117. The van der Waals surface area contributed by atoms with E-state index in [1.165, 1.54) is 0 Å². The Hall–Kier alpha value is -3.68. The van der Waals surface area contributed by atoms with Crippen molar-refractivity contribution in [3.8, 4) is 5.75 Å². The van der Waals surface area contributed by atoms with Crippen LogP contribution in [0.15, 0.2) is 53.1 Å². The molecule has 1 aliphatic carbocycles. The van der Waals surface area contributed by atoms with Crippen LogP contribution in [0.2, 0.25) is 0 Å². The number of amides is 2. The van der Waals surface area contributed by atoms with Crippen molar-refractivity contribution >= 4 is 23.2 Å². The smallest absolute Gasteiger partial charge is 0.259 e. The van der Waals surface area contributed by atoms with E-state index in [4.69, 9.17) is 9.26 Å². The molecule has 4 rings (SSSR count). The van der Waals surface area contributed by atoms with Crippen molar-refractivity contribution < 1.29 is 18.8 Å². The zero-order valence-corrected chi connectivity index (χ0v) is 15.8. The van der Waals surface area contributed by atoms with E-state index in [1.807, 2.05) is 0 Å². The molecule has 148 valence electrons. The summed E-state index contributed by atoms with van der Waals surface area (Å²) in [4.78, 5) is 28.6. The van der Waals surface area contributed by atoms with Crippen molar-refractivity contribution in [2.24, 2.45) is 5.92 Å². The van der Waals surface area contributed by atoms with Gasteiger partial charge in [0.2, 0.25) is 17.6 Å². The molecule has 2 amide bonds. The average Bonchev–Trinajstić information content (AvgIpc) is 3.50. The van der Waals surface area contributed by atoms with Crippen LogP contribution >= 0.6 is 0 Å². The minimum atomic E-state index is -0.306. The van der Waals surface area contributed by atoms with E-state index in [1.54, 1.807) is 55.5 Å². The Morgan fingerprint density at radius 1 is 1.07 bits per heavy atom. The molecule has 0 radical (unpaired) electrons. The Kier molecular flexibility index (Phi) is 5.24. The first-order valence-corrected chi connectivity index (χ1v) is 9.32. The Morgan fingerprint density at radius 2 is 1.76 bits per heavy atom. The lowest BCUT2D eigenvalue weighted by Gasteiger charge is -2.11. The van der Waals surface area contributed by atoms with E-state index >= 15 is 0 Å². The summed E-state index contributed by atoms with van der Waals surface area (Å²) in [5.74, 6) is 1.15. The van der Waals surface area contributed by atoms with Gasteiger partial charge in [0.1, 0.15) is 5.75 Å². The second kappa shape index (κ2) is 8.14. The number of carbonyl (C=O) groups is 2. The predicted octanol–water partition coefficient (Wildman–Crippen LogP) is 3.56. The molecule has 0 saturated heterocycles. The van der Waals surface area contributed by atoms with E-state index in [9.17, 15) is 9.59 Å². The lowest BCUT2D eigenvalue weighted by Crippen LogP contribution is -2.15. The molecule has 1 saturated carbocycles. The number of aromatic nitrogens is 2. The maximum absolute atomic E-state index is 12.7. The molecular weight excluding hydrogens is 372 g/mol. The number of aryl methyl sites for hydroxylation is 1. The van der Waals surface area contributed by atoms with Crippen LogP contribution in [0.4, 0.5) is 11.4 Å². The lowest BCUT2D eigenvalue weighted by atomic mass is 10.1. The van der Waals surface area contributed by atoms with Gasteiger partial charge in [-0.05, 0) is 49.2 Å². The number of para-hydroxylation sites is 1. The summed E-state index contributed by atoms with van der Waals surface area (Å²) in [6.45, 7) is 1.79. The second-order valence-corrected chi connectivity index (χ2v) is 6.81. The van der Waals surface area contributed by atoms with Crippen LogP contribution in [-0.4, -0.2) is 22.0 Å². The quantitative estimate of drug-likeness (QED) is 0.637. The van der Waals surface area contributed by atoms with Crippen LogP contribution in [0.1, 0.15) is 34.9 Å². The zero-order chi connectivity index (χ0) is 20.2. The van der Waals surface area contributed by atoms with Crippen molar-refractivity contribution in [2.45, 2.75) is 26.4 Å². The van der Waals surface area contributed by atoms with Gasteiger partial charge in [0.05, 0.1) is 5.56 Å². The second-order valence-electron chi connectivity index (χ2n) is 6.81. The summed E-state index contributed by atoms with van der Waals surface area (Å²) < 4.78 is 10.6. The van der Waals surface area contributed by atoms with Crippen molar-refractivity contribution in [1.29, 1.82) is 0 Å². The van der Waals surface area contributed by atoms with Crippen LogP contribution in [0.25, 0.3) is 0 Å². The van der Waals surface area contributed by atoms with E-state index in [0.29, 0.717) is 34.4 Å². The molecule has 1 aliphatic rings. The molecule has 1 fully saturated rings. The highest BCUT2D eigenvalue weighted by molar-refractivity contribution is 6.06. The fourth-order valence-corrected chi connectivity index (χ4v) is 2.75. The van der Waals surface area contributed by atoms with E-state index in [2.05, 4.69) is 20.8 Å². The summed E-state index contributed by atoms with van der Waals surface area (Å²) in [7, 11) is 0. The Labute approximate surface area is 167 Å². The van der Waals surface area contributed by atoms with Gasteiger partial charge in [0.15, 0.2) is 6.61 Å². The van der Waals surface area contributed by atoms with Gasteiger partial charge < -0.3 is 19.9 Å². The highest BCUT2D eigenvalue weighted by atomic mass is 16.5. The standard InChI is InChI=1S/C21H20N4O4/c1-13-22-19(25-29-13)12-28-18-5-3-2-4-17(18)21(27)24-16-10-8-15(9-11-16)23-20(26)14-6-7-14/h2-5,8-11,14H,6-7,12H2,1H3,(H,23,26)(H,24,27). The van der Waals surface area contributed by atoms with Gasteiger partial charge in [-0.3, -0.25) is 9.59 Å². The van der Waals surface area contributed by atoms with Gasteiger partial charge in [0, 0.05) is 24.2 Å². The molecule has 1 heterocycles. The molecule has 0 atom stereocenters. The third-order valence-corrected chi connectivity index (χ3v) is 4.42. The number of benzene rings is 2. The summed E-state index contributed by atoms with van der Waals surface area (Å²) in [5.41, 5.74) is 1.71. The first kappa shape index (κ1) is 18.7. The van der Waals surface area contributed by atoms with E-state index < -0.39 is 0 Å². The molecule has 8 heteroatoms. The number of hydrogen-bond acceptors (Lipinski definition) is 6. The molecule has 3 aromatic rings. The van der Waals surface area contributed by atoms with Gasteiger partial charge in [-0.25, -0.2) is 0 Å². The predicted molar refractivity (Wildman–Crippen MR) is 106 cm³/mol. The molecule has 0 aliphatic heterocycles. The SMILES string of the molecule is Cc1nc(COc2ccccc2C(=O)Nc2ccc(NC(=O)C3CC3)cc2)no1. The number of ether oxygens (including phenoxy) is 1. The Morgan fingerprint density at radius 3 is 2.41 bits per heavy atom. The maximum atomic E-state index is 12.7. The van der Waals surface area contributed by atoms with Crippen LogP contribution in [0.3, 0.4) is 0 Å². The Bertz CT molecular complexity index is 1030.